The molecule has 21 heavy (non-hydrogen) atoms. The molecule has 0 aromatic rings. The summed E-state index contributed by atoms with van der Waals surface area (Å²) in [4.78, 5) is 11.6. The molecule has 126 valence electrons. The van der Waals surface area contributed by atoms with Crippen molar-refractivity contribution in [3.8, 4) is 0 Å². The van der Waals surface area contributed by atoms with Crippen LogP contribution in [0.3, 0.4) is 0 Å². The van der Waals surface area contributed by atoms with Crippen LogP contribution in [0.25, 0.3) is 0 Å². The zero-order valence-corrected chi connectivity index (χ0v) is 14.5. The van der Waals surface area contributed by atoms with Gasteiger partial charge < -0.3 is 14.8 Å². The molecule has 0 rings (SSSR count). The van der Waals surface area contributed by atoms with Gasteiger partial charge in [-0.25, -0.2) is 0 Å². The Labute approximate surface area is 131 Å². The first-order chi connectivity index (χ1) is 10.1. The van der Waals surface area contributed by atoms with Crippen molar-refractivity contribution in [3.05, 3.63) is 0 Å². The summed E-state index contributed by atoms with van der Waals surface area (Å²) < 4.78 is 10.9. The zero-order valence-electron chi connectivity index (χ0n) is 14.5. The van der Waals surface area contributed by atoms with Crippen molar-refractivity contribution in [2.45, 2.75) is 59.8 Å². The number of hydrogen-bond donors (Lipinski definition) is 1. The lowest BCUT2D eigenvalue weighted by Crippen LogP contribution is -2.32. The zero-order chi connectivity index (χ0) is 15.9. The topological polar surface area (TPSA) is 47.6 Å². The Kier molecular flexibility index (Phi) is 13.9. The van der Waals surface area contributed by atoms with Gasteiger partial charge >= 0.3 is 0 Å². The lowest BCUT2D eigenvalue weighted by molar-refractivity contribution is -0.124. The number of ether oxygens (including phenoxy) is 2. The highest BCUT2D eigenvalue weighted by Gasteiger charge is 2.10. The van der Waals surface area contributed by atoms with Crippen molar-refractivity contribution in [2.24, 2.45) is 11.8 Å². The highest BCUT2D eigenvalue weighted by Crippen LogP contribution is 2.08. The highest BCUT2D eigenvalue weighted by atomic mass is 16.5. The maximum atomic E-state index is 11.6. The van der Waals surface area contributed by atoms with Crippen LogP contribution in [0.15, 0.2) is 0 Å². The molecule has 0 saturated carbocycles. The second-order valence-corrected chi connectivity index (χ2v) is 5.86. The fourth-order valence-electron chi connectivity index (χ4n) is 2.04. The summed E-state index contributed by atoms with van der Waals surface area (Å²) >= 11 is 0. The molecule has 1 amide bonds. The van der Waals surface area contributed by atoms with Crippen LogP contribution in [0.1, 0.15) is 59.8 Å². The van der Waals surface area contributed by atoms with Gasteiger partial charge in [0, 0.05) is 19.1 Å². The molecule has 2 atom stereocenters. The molecule has 0 radical (unpaired) electrons. The second kappa shape index (κ2) is 14.3. The number of carbonyl (C=O) groups excluding carboxylic acids is 1. The standard InChI is InChI=1S/C17H35NO3/c1-5-8-16(4)17(19)18-10-12-21-14-13-20-11-7-9-15(3)6-2/h15-16H,5-14H2,1-4H3,(H,18,19). The molecule has 0 fully saturated rings. The van der Waals surface area contributed by atoms with Crippen molar-refractivity contribution in [2.75, 3.05) is 33.0 Å². The summed E-state index contributed by atoms with van der Waals surface area (Å²) in [6.07, 6.45) is 5.59. The Bertz CT molecular complexity index is 246. The SMILES string of the molecule is CCCC(C)C(=O)NCCOCCOCCCC(C)CC. The maximum Gasteiger partial charge on any atom is 0.222 e. The molecule has 0 spiro atoms. The van der Waals surface area contributed by atoms with Gasteiger partial charge in [-0.3, -0.25) is 4.79 Å². The van der Waals surface area contributed by atoms with Crippen LogP contribution in [0.2, 0.25) is 0 Å². The van der Waals surface area contributed by atoms with Crippen molar-refractivity contribution in [3.63, 3.8) is 0 Å². The van der Waals surface area contributed by atoms with E-state index in [9.17, 15) is 4.79 Å². The van der Waals surface area contributed by atoms with E-state index in [1.54, 1.807) is 0 Å². The van der Waals surface area contributed by atoms with Gasteiger partial charge in [-0.05, 0) is 25.2 Å². The van der Waals surface area contributed by atoms with E-state index in [2.05, 4.69) is 26.1 Å². The van der Waals surface area contributed by atoms with Crippen LogP contribution < -0.4 is 5.32 Å². The molecule has 0 aliphatic rings. The smallest absolute Gasteiger partial charge is 0.222 e. The molecule has 0 heterocycles. The summed E-state index contributed by atoms with van der Waals surface area (Å²) in [5, 5.41) is 2.89. The Morgan fingerprint density at radius 2 is 1.67 bits per heavy atom. The largest absolute Gasteiger partial charge is 0.379 e. The van der Waals surface area contributed by atoms with Crippen LogP contribution >= 0.6 is 0 Å². The van der Waals surface area contributed by atoms with E-state index >= 15 is 0 Å². The number of carbonyl (C=O) groups is 1. The van der Waals surface area contributed by atoms with Crippen LogP contribution in [-0.2, 0) is 14.3 Å². The normalized spacial score (nSPS) is 13.9. The molecular weight excluding hydrogens is 266 g/mol. The Morgan fingerprint density at radius 3 is 2.29 bits per heavy atom. The second-order valence-electron chi connectivity index (χ2n) is 5.86. The number of amides is 1. The van der Waals surface area contributed by atoms with Crippen LogP contribution in [0.4, 0.5) is 0 Å². The number of rotatable bonds is 14. The van der Waals surface area contributed by atoms with Gasteiger partial charge in [0.1, 0.15) is 0 Å². The van der Waals surface area contributed by atoms with E-state index < -0.39 is 0 Å². The Hall–Kier alpha value is -0.610. The summed E-state index contributed by atoms with van der Waals surface area (Å²) in [5.74, 6) is 1.02. The van der Waals surface area contributed by atoms with Crippen LogP contribution in [0.5, 0.6) is 0 Å². The Balaban J connectivity index is 3.24. The first-order valence-corrected chi connectivity index (χ1v) is 8.54. The maximum absolute atomic E-state index is 11.6. The minimum Gasteiger partial charge on any atom is -0.379 e. The minimum atomic E-state index is 0.101. The third-order valence-corrected chi connectivity index (χ3v) is 3.77. The van der Waals surface area contributed by atoms with Gasteiger partial charge in [0.05, 0.1) is 19.8 Å². The molecule has 0 aromatic heterocycles. The van der Waals surface area contributed by atoms with Gasteiger partial charge in [-0.1, -0.05) is 40.5 Å². The van der Waals surface area contributed by atoms with Crippen molar-refractivity contribution in [1.82, 2.24) is 5.32 Å². The molecule has 0 aliphatic heterocycles. The Morgan fingerprint density at radius 1 is 1.00 bits per heavy atom. The fourth-order valence-corrected chi connectivity index (χ4v) is 2.04. The summed E-state index contributed by atoms with van der Waals surface area (Å²) in [5.41, 5.74) is 0. The van der Waals surface area contributed by atoms with E-state index in [-0.39, 0.29) is 11.8 Å². The van der Waals surface area contributed by atoms with Crippen LogP contribution in [-0.4, -0.2) is 38.9 Å². The average Bonchev–Trinajstić information content (AvgIpc) is 2.48. The summed E-state index contributed by atoms with van der Waals surface area (Å²) in [6, 6.07) is 0. The molecule has 1 N–H and O–H groups in total. The van der Waals surface area contributed by atoms with E-state index in [0.29, 0.717) is 26.4 Å². The number of hydrogen-bond acceptors (Lipinski definition) is 3. The molecule has 2 unspecified atom stereocenters. The molecule has 0 aromatic carbocycles. The third-order valence-electron chi connectivity index (χ3n) is 3.77. The van der Waals surface area contributed by atoms with Crippen molar-refractivity contribution in [1.29, 1.82) is 0 Å². The van der Waals surface area contributed by atoms with Gasteiger partial charge in [0.15, 0.2) is 0 Å². The average molecular weight is 301 g/mol. The first kappa shape index (κ1) is 20.4. The summed E-state index contributed by atoms with van der Waals surface area (Å²) in [7, 11) is 0. The molecular formula is C17H35NO3. The number of nitrogens with one attached hydrogen (secondary N) is 1. The lowest BCUT2D eigenvalue weighted by Gasteiger charge is -2.11. The van der Waals surface area contributed by atoms with E-state index in [0.717, 1.165) is 31.8 Å². The van der Waals surface area contributed by atoms with Crippen molar-refractivity contribution >= 4 is 5.91 Å². The monoisotopic (exact) mass is 301 g/mol. The van der Waals surface area contributed by atoms with E-state index in [1.165, 1.54) is 12.8 Å². The predicted molar refractivity (Wildman–Crippen MR) is 87.4 cm³/mol. The summed E-state index contributed by atoms with van der Waals surface area (Å²) in [6.45, 7) is 11.8. The quantitative estimate of drug-likeness (QED) is 0.500. The molecule has 4 nitrogen and oxygen atoms in total. The van der Waals surface area contributed by atoms with Gasteiger partial charge in [0.25, 0.3) is 0 Å². The van der Waals surface area contributed by atoms with Gasteiger partial charge in [-0.15, -0.1) is 0 Å². The first-order valence-electron chi connectivity index (χ1n) is 8.54. The predicted octanol–water partition coefficient (Wildman–Crippen LogP) is 3.40. The van der Waals surface area contributed by atoms with E-state index in [4.69, 9.17) is 9.47 Å². The molecule has 4 heteroatoms. The van der Waals surface area contributed by atoms with Crippen molar-refractivity contribution < 1.29 is 14.3 Å². The van der Waals surface area contributed by atoms with Gasteiger partial charge in [-0.2, -0.15) is 0 Å². The fraction of sp³-hybridized carbons (Fsp3) is 0.941. The van der Waals surface area contributed by atoms with Gasteiger partial charge in [0.2, 0.25) is 5.91 Å². The molecule has 0 saturated heterocycles. The van der Waals surface area contributed by atoms with E-state index in [1.807, 2.05) is 6.92 Å². The molecule has 0 bridgehead atoms. The highest BCUT2D eigenvalue weighted by molar-refractivity contribution is 5.78. The minimum absolute atomic E-state index is 0.101. The van der Waals surface area contributed by atoms with Crippen LogP contribution in [0, 0.1) is 11.8 Å². The lowest BCUT2D eigenvalue weighted by atomic mass is 10.0. The molecule has 0 aliphatic carbocycles. The third kappa shape index (κ3) is 12.8.